The van der Waals surface area contributed by atoms with Gasteiger partial charge in [0.2, 0.25) is 0 Å². The number of carbonyl (C=O) groups is 2. The molecule has 0 spiro atoms. The van der Waals surface area contributed by atoms with Crippen molar-refractivity contribution in [3.63, 3.8) is 0 Å². The van der Waals surface area contributed by atoms with Crippen LogP contribution < -0.4 is 0 Å². The molecule has 0 saturated carbocycles. The summed E-state index contributed by atoms with van der Waals surface area (Å²) in [5, 5.41) is -0.504. The smallest absolute Gasteiger partial charge is 0.305 e. The normalized spacial score (nSPS) is 9.73. The van der Waals surface area contributed by atoms with Crippen LogP contribution in [0.2, 0.25) is 0 Å². The van der Waals surface area contributed by atoms with E-state index >= 15 is 0 Å². The molecule has 0 aromatic heterocycles. The molecule has 0 radical (unpaired) electrons. The van der Waals surface area contributed by atoms with Crippen molar-refractivity contribution < 1.29 is 14.3 Å². The molecule has 0 fully saturated rings. The highest BCUT2D eigenvalue weighted by Gasteiger charge is 2.09. The number of halogens is 1. The zero-order valence-corrected chi connectivity index (χ0v) is 9.08. The number of hydrogen-bond donors (Lipinski definition) is 0. The van der Waals surface area contributed by atoms with Gasteiger partial charge in [-0.2, -0.15) is 0 Å². The molecule has 0 aliphatic heterocycles. The zero-order chi connectivity index (χ0) is 11.3. The number of benzene rings is 1. The summed E-state index contributed by atoms with van der Waals surface area (Å²) >= 11 is 5.40. The highest BCUT2D eigenvalue weighted by Crippen LogP contribution is 2.13. The Bertz CT molecular complexity index is 374. The molecule has 0 unspecified atom stereocenters. The van der Waals surface area contributed by atoms with Crippen molar-refractivity contribution in [1.82, 2.24) is 0 Å². The summed E-state index contributed by atoms with van der Waals surface area (Å²) in [6.45, 7) is 0. The van der Waals surface area contributed by atoms with Crippen molar-refractivity contribution in [3.8, 4) is 0 Å². The van der Waals surface area contributed by atoms with Crippen molar-refractivity contribution >= 4 is 22.8 Å². The average molecular weight is 227 g/mol. The van der Waals surface area contributed by atoms with Crippen molar-refractivity contribution in [1.29, 1.82) is 0 Å². The number of esters is 1. The highest BCUT2D eigenvalue weighted by atomic mass is 35.5. The second kappa shape index (κ2) is 5.51. The molecular formula is C11H11ClO3. The summed E-state index contributed by atoms with van der Waals surface area (Å²) < 4.78 is 4.52. The maximum Gasteiger partial charge on any atom is 0.305 e. The predicted molar refractivity (Wildman–Crippen MR) is 57.0 cm³/mol. The number of aryl methyl sites for hydroxylation is 1. The molecule has 1 rings (SSSR count). The standard InChI is InChI=1S/C11H11ClO3/c1-15-10(13)7-6-8-4-2-3-5-9(8)11(12)14/h2-5H,6-7H2,1H3. The molecule has 3 nitrogen and oxygen atoms in total. The average Bonchev–Trinajstić information content (AvgIpc) is 2.26. The van der Waals surface area contributed by atoms with Gasteiger partial charge in [-0.25, -0.2) is 0 Å². The Labute approximate surface area is 93.0 Å². The predicted octanol–water partition coefficient (Wildman–Crippen LogP) is 2.17. The van der Waals surface area contributed by atoms with Gasteiger partial charge in [0.25, 0.3) is 5.24 Å². The minimum Gasteiger partial charge on any atom is -0.469 e. The lowest BCUT2D eigenvalue weighted by Crippen LogP contribution is -2.04. The van der Waals surface area contributed by atoms with Gasteiger partial charge >= 0.3 is 5.97 Å². The molecule has 0 amide bonds. The van der Waals surface area contributed by atoms with Crippen LogP contribution in [0, 0.1) is 0 Å². The lowest BCUT2D eigenvalue weighted by atomic mass is 10.0. The van der Waals surface area contributed by atoms with Gasteiger partial charge in [-0.15, -0.1) is 0 Å². The monoisotopic (exact) mass is 226 g/mol. The molecule has 0 aliphatic carbocycles. The topological polar surface area (TPSA) is 43.4 Å². The molecule has 0 N–H and O–H groups in total. The first kappa shape index (κ1) is 11.7. The van der Waals surface area contributed by atoms with E-state index in [0.717, 1.165) is 5.56 Å². The molecule has 1 aromatic rings. The van der Waals surface area contributed by atoms with Gasteiger partial charge in [0.1, 0.15) is 0 Å². The number of rotatable bonds is 4. The van der Waals surface area contributed by atoms with Crippen molar-refractivity contribution in [2.45, 2.75) is 12.8 Å². The van der Waals surface area contributed by atoms with Gasteiger partial charge in [0, 0.05) is 12.0 Å². The molecule has 1 aromatic carbocycles. The van der Waals surface area contributed by atoms with E-state index in [-0.39, 0.29) is 12.4 Å². The lowest BCUT2D eigenvalue weighted by molar-refractivity contribution is -0.140. The zero-order valence-electron chi connectivity index (χ0n) is 8.33. The first-order chi connectivity index (χ1) is 7.15. The van der Waals surface area contributed by atoms with Gasteiger partial charge in [0.05, 0.1) is 7.11 Å². The van der Waals surface area contributed by atoms with E-state index < -0.39 is 5.24 Å². The molecule has 0 heterocycles. The fourth-order valence-electron chi connectivity index (χ4n) is 1.27. The Balaban J connectivity index is 2.76. The summed E-state index contributed by atoms with van der Waals surface area (Å²) in [6.07, 6.45) is 0.707. The van der Waals surface area contributed by atoms with Gasteiger partial charge in [-0.05, 0) is 29.7 Å². The maximum atomic E-state index is 11.0. The van der Waals surface area contributed by atoms with Crippen LogP contribution in [-0.4, -0.2) is 18.3 Å². The first-order valence-corrected chi connectivity index (χ1v) is 4.87. The van der Waals surface area contributed by atoms with E-state index in [0.29, 0.717) is 12.0 Å². The fourth-order valence-corrected chi connectivity index (χ4v) is 1.45. The molecule has 15 heavy (non-hydrogen) atoms. The molecule has 0 aliphatic rings. The maximum absolute atomic E-state index is 11.0. The number of methoxy groups -OCH3 is 1. The Hall–Kier alpha value is -1.35. The summed E-state index contributed by atoms with van der Waals surface area (Å²) in [5.74, 6) is -0.299. The Kier molecular flexibility index (Phi) is 4.31. The van der Waals surface area contributed by atoms with Crippen LogP contribution in [0.15, 0.2) is 24.3 Å². The fraction of sp³-hybridized carbons (Fsp3) is 0.273. The molecule has 0 saturated heterocycles. The van der Waals surface area contributed by atoms with Gasteiger partial charge in [0.15, 0.2) is 0 Å². The molecular weight excluding hydrogens is 216 g/mol. The lowest BCUT2D eigenvalue weighted by Gasteiger charge is -2.04. The van der Waals surface area contributed by atoms with Crippen LogP contribution in [0.4, 0.5) is 0 Å². The van der Waals surface area contributed by atoms with Crippen LogP contribution in [0.1, 0.15) is 22.3 Å². The van der Waals surface area contributed by atoms with E-state index in [9.17, 15) is 9.59 Å². The van der Waals surface area contributed by atoms with Gasteiger partial charge < -0.3 is 4.74 Å². The molecule has 4 heteroatoms. The second-order valence-corrected chi connectivity index (χ2v) is 3.35. The Morgan fingerprint density at radius 3 is 2.60 bits per heavy atom. The summed E-state index contributed by atoms with van der Waals surface area (Å²) in [4.78, 5) is 22.0. The van der Waals surface area contributed by atoms with E-state index in [4.69, 9.17) is 11.6 Å². The second-order valence-electron chi connectivity index (χ2n) is 3.01. The first-order valence-electron chi connectivity index (χ1n) is 4.49. The van der Waals surface area contributed by atoms with E-state index in [1.165, 1.54) is 7.11 Å². The third kappa shape index (κ3) is 3.36. The summed E-state index contributed by atoms with van der Waals surface area (Å²) in [5.41, 5.74) is 1.21. The minimum atomic E-state index is -0.504. The summed E-state index contributed by atoms with van der Waals surface area (Å²) in [6, 6.07) is 6.95. The van der Waals surface area contributed by atoms with Crippen molar-refractivity contribution in [3.05, 3.63) is 35.4 Å². The van der Waals surface area contributed by atoms with E-state index in [1.807, 2.05) is 0 Å². The van der Waals surface area contributed by atoms with Crippen LogP contribution in [0.5, 0.6) is 0 Å². The van der Waals surface area contributed by atoms with E-state index in [1.54, 1.807) is 24.3 Å². The van der Waals surface area contributed by atoms with Crippen molar-refractivity contribution in [2.24, 2.45) is 0 Å². The largest absolute Gasteiger partial charge is 0.469 e. The van der Waals surface area contributed by atoms with Crippen LogP contribution in [-0.2, 0) is 16.0 Å². The Morgan fingerprint density at radius 1 is 1.33 bits per heavy atom. The molecule has 80 valence electrons. The minimum absolute atomic E-state index is 0.248. The number of carbonyl (C=O) groups excluding carboxylic acids is 2. The third-order valence-corrected chi connectivity index (χ3v) is 2.26. The quantitative estimate of drug-likeness (QED) is 0.584. The van der Waals surface area contributed by atoms with Crippen LogP contribution in [0.25, 0.3) is 0 Å². The number of ether oxygens (including phenoxy) is 1. The Morgan fingerprint density at radius 2 is 2.00 bits per heavy atom. The van der Waals surface area contributed by atoms with Gasteiger partial charge in [-0.3, -0.25) is 9.59 Å². The highest BCUT2D eigenvalue weighted by molar-refractivity contribution is 6.67. The molecule has 0 bridgehead atoms. The van der Waals surface area contributed by atoms with E-state index in [2.05, 4.69) is 4.74 Å². The third-order valence-electron chi connectivity index (χ3n) is 2.06. The molecule has 0 atom stereocenters. The van der Waals surface area contributed by atoms with Crippen molar-refractivity contribution in [2.75, 3.05) is 7.11 Å². The van der Waals surface area contributed by atoms with Gasteiger partial charge in [-0.1, -0.05) is 18.2 Å². The van der Waals surface area contributed by atoms with Crippen LogP contribution in [0.3, 0.4) is 0 Å². The number of hydrogen-bond acceptors (Lipinski definition) is 3. The SMILES string of the molecule is COC(=O)CCc1ccccc1C(=O)Cl. The van der Waals surface area contributed by atoms with Crippen LogP contribution >= 0.6 is 11.6 Å². The summed E-state index contributed by atoms with van der Waals surface area (Å²) in [7, 11) is 1.33.